The van der Waals surface area contributed by atoms with E-state index < -0.39 is 12.3 Å². The van der Waals surface area contributed by atoms with Crippen molar-refractivity contribution in [1.29, 1.82) is 0 Å². The molecule has 0 aromatic rings. The molecule has 0 spiro atoms. The number of carbonyl (C=O) groups is 1. The van der Waals surface area contributed by atoms with Gasteiger partial charge in [0.1, 0.15) is 6.10 Å². The number of hydrogen-bond acceptors (Lipinski definition) is 3. The number of hydrogen-bond donors (Lipinski definition) is 1. The molecule has 5 heteroatoms. The number of likely N-dealkylation sites (N-methyl/N-ethyl adjacent to an activating group) is 1. The van der Waals surface area contributed by atoms with Crippen molar-refractivity contribution in [2.45, 2.75) is 25.0 Å². The summed E-state index contributed by atoms with van der Waals surface area (Å²) in [5, 5.41) is 8.46. The molecule has 1 fully saturated rings. The Kier molecular flexibility index (Phi) is 3.81. The second kappa shape index (κ2) is 4.67. The van der Waals surface area contributed by atoms with Gasteiger partial charge in [-0.2, -0.15) is 0 Å². The number of likely N-dealkylation sites (tertiary alicyclic amines) is 1. The van der Waals surface area contributed by atoms with Crippen LogP contribution >= 0.6 is 11.6 Å². The summed E-state index contributed by atoms with van der Waals surface area (Å²) in [5.74, 6) is 0.224. The van der Waals surface area contributed by atoms with Gasteiger partial charge in [0.15, 0.2) is 0 Å². The highest BCUT2D eigenvalue weighted by molar-refractivity contribution is 6.18. The Hall–Kier alpha value is -0.480. The molecule has 4 nitrogen and oxygen atoms in total. The normalized spacial score (nSPS) is 25.8. The van der Waals surface area contributed by atoms with E-state index >= 15 is 0 Å². The van der Waals surface area contributed by atoms with Gasteiger partial charge in [-0.15, -0.1) is 11.6 Å². The van der Waals surface area contributed by atoms with Gasteiger partial charge >= 0.3 is 6.16 Å². The van der Waals surface area contributed by atoms with E-state index in [4.69, 9.17) is 21.4 Å². The van der Waals surface area contributed by atoms with Crippen molar-refractivity contribution in [3.8, 4) is 0 Å². The second-order valence-electron chi connectivity index (χ2n) is 3.27. The Balaban J connectivity index is 2.49. The van der Waals surface area contributed by atoms with Gasteiger partial charge in [0.05, 0.1) is 5.88 Å². The minimum atomic E-state index is -1.24. The first kappa shape index (κ1) is 10.6. The van der Waals surface area contributed by atoms with E-state index in [1.54, 1.807) is 0 Å². The van der Waals surface area contributed by atoms with Gasteiger partial charge in [-0.1, -0.05) is 0 Å². The average molecular weight is 208 g/mol. The molecular weight excluding hydrogens is 194 g/mol. The fourth-order valence-electron chi connectivity index (χ4n) is 1.75. The maximum absolute atomic E-state index is 10.3. The summed E-state index contributed by atoms with van der Waals surface area (Å²) in [7, 11) is 1.96. The monoisotopic (exact) mass is 207 g/mol. The van der Waals surface area contributed by atoms with Crippen molar-refractivity contribution in [3.05, 3.63) is 0 Å². The highest BCUT2D eigenvalue weighted by Crippen LogP contribution is 2.20. The fraction of sp³-hybridized carbons (Fsp3) is 0.875. The summed E-state index contributed by atoms with van der Waals surface area (Å²) >= 11 is 5.64. The van der Waals surface area contributed by atoms with E-state index in [0.29, 0.717) is 0 Å². The maximum Gasteiger partial charge on any atom is 0.506 e. The van der Waals surface area contributed by atoms with Crippen molar-refractivity contribution < 1.29 is 14.6 Å². The third-order valence-corrected chi connectivity index (χ3v) is 2.71. The molecule has 1 unspecified atom stereocenters. The number of carboxylic acid groups (broad SMARTS) is 1. The molecule has 2 atom stereocenters. The van der Waals surface area contributed by atoms with Gasteiger partial charge in [0.2, 0.25) is 0 Å². The van der Waals surface area contributed by atoms with E-state index in [9.17, 15) is 4.79 Å². The third kappa shape index (κ3) is 2.74. The van der Waals surface area contributed by atoms with Crippen LogP contribution in [0.1, 0.15) is 12.8 Å². The summed E-state index contributed by atoms with van der Waals surface area (Å²) in [6.07, 6.45) is 0.399. The molecule has 0 amide bonds. The topological polar surface area (TPSA) is 49.8 Å². The van der Waals surface area contributed by atoms with Crippen LogP contribution in [0.5, 0.6) is 0 Å². The Morgan fingerprint density at radius 3 is 2.92 bits per heavy atom. The quantitative estimate of drug-likeness (QED) is 0.561. The first-order valence-electron chi connectivity index (χ1n) is 4.31. The van der Waals surface area contributed by atoms with Gasteiger partial charge in [-0.05, 0) is 26.4 Å². The van der Waals surface area contributed by atoms with Crippen LogP contribution in [0, 0.1) is 0 Å². The molecular formula is C8H14ClNO3. The lowest BCUT2D eigenvalue weighted by Crippen LogP contribution is -2.40. The summed E-state index contributed by atoms with van der Waals surface area (Å²) in [6, 6.07) is 0.147. The molecule has 1 aliphatic heterocycles. The molecule has 1 heterocycles. The average Bonchev–Trinajstić information content (AvgIpc) is 2.47. The molecule has 1 saturated heterocycles. The SMILES string of the molecule is CN1CCCC1[C@H](CCl)OC(=O)O. The summed E-state index contributed by atoms with van der Waals surface area (Å²) in [6.45, 7) is 0.987. The third-order valence-electron chi connectivity index (χ3n) is 2.41. The Bertz CT molecular complexity index is 188. The lowest BCUT2D eigenvalue weighted by molar-refractivity contribution is 0.0284. The van der Waals surface area contributed by atoms with E-state index in [1.165, 1.54) is 0 Å². The van der Waals surface area contributed by atoms with Crippen LogP contribution in [0.25, 0.3) is 0 Å². The van der Waals surface area contributed by atoms with Crippen LogP contribution in [0.15, 0.2) is 0 Å². The van der Waals surface area contributed by atoms with Crippen molar-refractivity contribution in [3.63, 3.8) is 0 Å². The van der Waals surface area contributed by atoms with E-state index in [2.05, 4.69) is 4.90 Å². The van der Waals surface area contributed by atoms with Crippen molar-refractivity contribution in [2.24, 2.45) is 0 Å². The highest BCUT2D eigenvalue weighted by atomic mass is 35.5. The molecule has 1 aliphatic rings. The summed E-state index contributed by atoms with van der Waals surface area (Å²) in [5.41, 5.74) is 0. The van der Waals surface area contributed by atoms with Gasteiger partial charge in [-0.3, -0.25) is 4.90 Å². The first-order valence-corrected chi connectivity index (χ1v) is 4.84. The van der Waals surface area contributed by atoms with Gasteiger partial charge in [0, 0.05) is 6.04 Å². The molecule has 0 aromatic carbocycles. The van der Waals surface area contributed by atoms with Gasteiger partial charge in [-0.25, -0.2) is 4.79 Å². The first-order chi connectivity index (χ1) is 6.15. The van der Waals surface area contributed by atoms with Gasteiger partial charge in [0.25, 0.3) is 0 Å². The molecule has 0 bridgehead atoms. The number of nitrogens with zero attached hydrogens (tertiary/aromatic N) is 1. The standard InChI is InChI=1S/C8H14ClNO3/c1-10-4-2-3-6(10)7(5-9)13-8(11)12/h6-7H,2-5H2,1H3,(H,11,12)/t6?,7-/m0/s1. The predicted molar refractivity (Wildman–Crippen MR) is 49.3 cm³/mol. The van der Waals surface area contributed by atoms with Gasteiger partial charge < -0.3 is 9.84 Å². The Labute approximate surface area is 82.4 Å². The second-order valence-corrected chi connectivity index (χ2v) is 3.58. The number of rotatable bonds is 3. The number of halogens is 1. The maximum atomic E-state index is 10.3. The molecule has 13 heavy (non-hydrogen) atoms. The summed E-state index contributed by atoms with van der Waals surface area (Å²) < 4.78 is 4.70. The Morgan fingerprint density at radius 2 is 2.54 bits per heavy atom. The molecule has 1 rings (SSSR count). The molecule has 0 aromatic heterocycles. The van der Waals surface area contributed by atoms with Crippen LogP contribution in [-0.2, 0) is 4.74 Å². The van der Waals surface area contributed by atoms with Crippen LogP contribution in [0.4, 0.5) is 4.79 Å². The molecule has 1 N–H and O–H groups in total. The number of ether oxygens (including phenoxy) is 1. The molecule has 0 saturated carbocycles. The van der Waals surface area contributed by atoms with Crippen LogP contribution in [0.2, 0.25) is 0 Å². The zero-order valence-electron chi connectivity index (χ0n) is 7.57. The minimum absolute atomic E-state index is 0.147. The van der Waals surface area contributed by atoms with E-state index in [0.717, 1.165) is 19.4 Å². The minimum Gasteiger partial charge on any atom is -0.450 e. The zero-order chi connectivity index (χ0) is 9.84. The lowest BCUT2D eigenvalue weighted by Gasteiger charge is -2.25. The molecule has 76 valence electrons. The lowest BCUT2D eigenvalue weighted by atomic mass is 10.1. The fourth-order valence-corrected chi connectivity index (χ4v) is 2.02. The Morgan fingerprint density at radius 1 is 1.85 bits per heavy atom. The van der Waals surface area contributed by atoms with Crippen molar-refractivity contribution >= 4 is 17.8 Å². The predicted octanol–water partition coefficient (Wildman–Crippen LogP) is 1.38. The summed E-state index contributed by atoms with van der Waals surface area (Å²) in [4.78, 5) is 12.4. The van der Waals surface area contributed by atoms with Crippen LogP contribution in [0.3, 0.4) is 0 Å². The van der Waals surface area contributed by atoms with Crippen LogP contribution in [-0.4, -0.2) is 47.8 Å². The van der Waals surface area contributed by atoms with Crippen molar-refractivity contribution in [2.75, 3.05) is 19.5 Å². The smallest absolute Gasteiger partial charge is 0.450 e. The van der Waals surface area contributed by atoms with Crippen LogP contribution < -0.4 is 0 Å². The largest absolute Gasteiger partial charge is 0.506 e. The van der Waals surface area contributed by atoms with Crippen molar-refractivity contribution in [1.82, 2.24) is 4.90 Å². The van der Waals surface area contributed by atoms with E-state index in [1.807, 2.05) is 7.05 Å². The highest BCUT2D eigenvalue weighted by Gasteiger charge is 2.31. The molecule has 0 aliphatic carbocycles. The van der Waals surface area contributed by atoms with E-state index in [-0.39, 0.29) is 11.9 Å². The molecule has 0 radical (unpaired) electrons. The number of alkyl halides is 1. The zero-order valence-corrected chi connectivity index (χ0v) is 8.33.